The molecule has 1 saturated carbocycles. The molecule has 3 heterocycles. The molecule has 0 bridgehead atoms. The first-order chi connectivity index (χ1) is 11.7. The fraction of sp³-hybridized carbons (Fsp3) is 0.611. The lowest BCUT2D eigenvalue weighted by molar-refractivity contribution is 0.150. The molecule has 2 aromatic rings. The number of likely N-dealkylation sites (tertiary alicyclic amines) is 1. The summed E-state index contributed by atoms with van der Waals surface area (Å²) in [6.07, 6.45) is 4.61. The van der Waals surface area contributed by atoms with Crippen LogP contribution in [0.25, 0.3) is 0 Å². The van der Waals surface area contributed by atoms with Crippen LogP contribution >= 0.6 is 0 Å². The number of rotatable bonds is 5. The quantitative estimate of drug-likeness (QED) is 0.843. The van der Waals surface area contributed by atoms with Crippen molar-refractivity contribution in [2.75, 3.05) is 13.1 Å². The summed E-state index contributed by atoms with van der Waals surface area (Å²) in [6.45, 7) is 5.57. The van der Waals surface area contributed by atoms with Crippen LogP contribution in [-0.2, 0) is 13.1 Å². The molecule has 0 aromatic carbocycles. The smallest absolute Gasteiger partial charge is 0.266 e. The maximum Gasteiger partial charge on any atom is 0.266 e. The second-order valence-corrected chi connectivity index (χ2v) is 7.21. The third-order valence-electron chi connectivity index (χ3n) is 5.08. The lowest BCUT2D eigenvalue weighted by atomic mass is 9.97. The molecule has 6 heteroatoms. The normalized spacial score (nSPS) is 19.7. The molecule has 0 unspecified atom stereocenters. The third-order valence-corrected chi connectivity index (χ3v) is 5.08. The van der Waals surface area contributed by atoms with Crippen molar-refractivity contribution in [2.24, 2.45) is 5.92 Å². The van der Waals surface area contributed by atoms with Gasteiger partial charge in [-0.2, -0.15) is 5.10 Å². The summed E-state index contributed by atoms with van der Waals surface area (Å²) in [5.74, 6) is 2.04. The minimum atomic E-state index is 0.0268. The third kappa shape index (κ3) is 3.59. The Kier molecular flexibility index (Phi) is 4.22. The fourth-order valence-electron chi connectivity index (χ4n) is 3.48. The van der Waals surface area contributed by atoms with Gasteiger partial charge in [-0.05, 0) is 57.7 Å². The standard InChI is InChI=1S/C18H24N4O2/c1-13-10-16(24-20-13)12-21-8-6-14(7-9-21)11-22-18(23)5-4-17(19-22)15-2-3-15/h4-5,10,14-15H,2-3,6-9,11-12H2,1H3. The molecule has 4 rings (SSSR count). The van der Waals surface area contributed by atoms with Gasteiger partial charge in [0.2, 0.25) is 0 Å². The van der Waals surface area contributed by atoms with Crippen LogP contribution in [0.5, 0.6) is 0 Å². The average molecular weight is 328 g/mol. The largest absolute Gasteiger partial charge is 0.360 e. The first-order valence-corrected chi connectivity index (χ1v) is 8.90. The second kappa shape index (κ2) is 6.51. The Bertz CT molecular complexity index is 754. The van der Waals surface area contributed by atoms with Crippen LogP contribution in [0, 0.1) is 12.8 Å². The first-order valence-electron chi connectivity index (χ1n) is 8.90. The lowest BCUT2D eigenvalue weighted by Gasteiger charge is -2.31. The number of aromatic nitrogens is 3. The van der Waals surface area contributed by atoms with Gasteiger partial charge in [0.25, 0.3) is 5.56 Å². The predicted molar refractivity (Wildman–Crippen MR) is 89.7 cm³/mol. The van der Waals surface area contributed by atoms with Crippen molar-refractivity contribution < 1.29 is 4.52 Å². The van der Waals surface area contributed by atoms with Gasteiger partial charge in [0.15, 0.2) is 5.76 Å². The molecule has 1 aliphatic heterocycles. The van der Waals surface area contributed by atoms with Crippen LogP contribution in [0.15, 0.2) is 27.5 Å². The van der Waals surface area contributed by atoms with Gasteiger partial charge in [-0.3, -0.25) is 9.69 Å². The number of piperidine rings is 1. The minimum Gasteiger partial charge on any atom is -0.360 e. The van der Waals surface area contributed by atoms with Gasteiger partial charge >= 0.3 is 0 Å². The summed E-state index contributed by atoms with van der Waals surface area (Å²) in [6, 6.07) is 5.58. The van der Waals surface area contributed by atoms with E-state index in [0.717, 1.165) is 56.2 Å². The van der Waals surface area contributed by atoms with E-state index in [1.807, 2.05) is 19.1 Å². The molecule has 0 N–H and O–H groups in total. The molecule has 2 fully saturated rings. The molecule has 0 amide bonds. The molecule has 2 aliphatic rings. The highest BCUT2D eigenvalue weighted by Crippen LogP contribution is 2.38. The zero-order chi connectivity index (χ0) is 16.5. The summed E-state index contributed by atoms with van der Waals surface area (Å²) < 4.78 is 6.99. The summed E-state index contributed by atoms with van der Waals surface area (Å²) in [5, 5.41) is 8.53. The van der Waals surface area contributed by atoms with E-state index < -0.39 is 0 Å². The van der Waals surface area contributed by atoms with E-state index in [9.17, 15) is 4.79 Å². The van der Waals surface area contributed by atoms with Crippen molar-refractivity contribution in [1.82, 2.24) is 19.8 Å². The Labute approximate surface area is 141 Å². The predicted octanol–water partition coefficient (Wildman–Crippen LogP) is 2.33. The Morgan fingerprint density at radius 3 is 2.67 bits per heavy atom. The van der Waals surface area contributed by atoms with Crippen LogP contribution in [-0.4, -0.2) is 32.9 Å². The van der Waals surface area contributed by atoms with Gasteiger partial charge < -0.3 is 4.52 Å². The number of hydrogen-bond donors (Lipinski definition) is 0. The molecule has 2 aromatic heterocycles. The van der Waals surface area contributed by atoms with Crippen LogP contribution in [0.2, 0.25) is 0 Å². The number of aryl methyl sites for hydroxylation is 1. The van der Waals surface area contributed by atoms with Crippen LogP contribution in [0.1, 0.15) is 48.7 Å². The SMILES string of the molecule is Cc1cc(CN2CCC(Cn3nc(C4CC4)ccc3=O)CC2)on1. The summed E-state index contributed by atoms with van der Waals surface area (Å²) in [5.41, 5.74) is 2.05. The molecule has 0 atom stereocenters. The average Bonchev–Trinajstić information content (AvgIpc) is 3.35. The second-order valence-electron chi connectivity index (χ2n) is 7.21. The molecule has 1 saturated heterocycles. The van der Waals surface area contributed by atoms with E-state index in [4.69, 9.17) is 4.52 Å². The summed E-state index contributed by atoms with van der Waals surface area (Å²) in [7, 11) is 0. The molecular formula is C18H24N4O2. The first kappa shape index (κ1) is 15.6. The van der Waals surface area contributed by atoms with Crippen molar-refractivity contribution in [2.45, 2.75) is 51.6 Å². The zero-order valence-corrected chi connectivity index (χ0v) is 14.1. The van der Waals surface area contributed by atoms with Crippen molar-refractivity contribution in [3.05, 3.63) is 45.7 Å². The maximum absolute atomic E-state index is 12.1. The maximum atomic E-state index is 12.1. The van der Waals surface area contributed by atoms with Crippen molar-refractivity contribution in [3.63, 3.8) is 0 Å². The van der Waals surface area contributed by atoms with E-state index in [1.54, 1.807) is 10.7 Å². The molecule has 128 valence electrons. The van der Waals surface area contributed by atoms with Gasteiger partial charge in [0.05, 0.1) is 17.9 Å². The Morgan fingerprint density at radius 1 is 1.21 bits per heavy atom. The number of nitrogens with zero attached hydrogens (tertiary/aromatic N) is 4. The van der Waals surface area contributed by atoms with Crippen molar-refractivity contribution in [3.8, 4) is 0 Å². The Morgan fingerprint density at radius 2 is 2.00 bits per heavy atom. The molecule has 24 heavy (non-hydrogen) atoms. The van der Waals surface area contributed by atoms with Crippen molar-refractivity contribution >= 4 is 0 Å². The van der Waals surface area contributed by atoms with Crippen LogP contribution in [0.4, 0.5) is 0 Å². The van der Waals surface area contributed by atoms with Crippen LogP contribution < -0.4 is 5.56 Å². The molecule has 0 spiro atoms. The van der Waals surface area contributed by atoms with Gasteiger partial charge in [0.1, 0.15) is 0 Å². The molecular weight excluding hydrogens is 304 g/mol. The molecule has 6 nitrogen and oxygen atoms in total. The highest BCUT2D eigenvalue weighted by Gasteiger charge is 2.26. The number of hydrogen-bond acceptors (Lipinski definition) is 5. The van der Waals surface area contributed by atoms with Crippen molar-refractivity contribution in [1.29, 1.82) is 0 Å². The molecule has 1 aliphatic carbocycles. The lowest BCUT2D eigenvalue weighted by Crippen LogP contribution is -2.36. The highest BCUT2D eigenvalue weighted by atomic mass is 16.5. The van der Waals surface area contributed by atoms with Gasteiger partial charge in [-0.15, -0.1) is 0 Å². The van der Waals surface area contributed by atoms with Gasteiger partial charge in [-0.25, -0.2) is 4.68 Å². The highest BCUT2D eigenvalue weighted by molar-refractivity contribution is 5.12. The molecule has 0 radical (unpaired) electrons. The van der Waals surface area contributed by atoms with E-state index in [1.165, 1.54) is 12.8 Å². The Balaban J connectivity index is 1.33. The van der Waals surface area contributed by atoms with E-state index in [2.05, 4.69) is 15.2 Å². The van der Waals surface area contributed by atoms with E-state index in [-0.39, 0.29) is 5.56 Å². The van der Waals surface area contributed by atoms with Gasteiger partial charge in [-0.1, -0.05) is 5.16 Å². The fourth-order valence-corrected chi connectivity index (χ4v) is 3.48. The zero-order valence-electron chi connectivity index (χ0n) is 14.1. The monoisotopic (exact) mass is 328 g/mol. The summed E-state index contributed by atoms with van der Waals surface area (Å²) in [4.78, 5) is 14.5. The van der Waals surface area contributed by atoms with Crippen LogP contribution in [0.3, 0.4) is 0 Å². The Hall–Kier alpha value is -1.95. The van der Waals surface area contributed by atoms with E-state index in [0.29, 0.717) is 11.8 Å². The minimum absolute atomic E-state index is 0.0268. The topological polar surface area (TPSA) is 64.2 Å². The van der Waals surface area contributed by atoms with Gasteiger partial charge in [0, 0.05) is 24.6 Å². The summed E-state index contributed by atoms with van der Waals surface area (Å²) >= 11 is 0. The van der Waals surface area contributed by atoms with E-state index >= 15 is 0 Å².